The lowest BCUT2D eigenvalue weighted by Gasteiger charge is -2.19. The van der Waals surface area contributed by atoms with Crippen molar-refractivity contribution in [2.45, 2.75) is 32.0 Å². The molecule has 0 saturated carbocycles. The van der Waals surface area contributed by atoms with Crippen LogP contribution in [0.2, 0.25) is 0 Å². The van der Waals surface area contributed by atoms with Gasteiger partial charge in [0, 0.05) is 11.1 Å². The lowest BCUT2D eigenvalue weighted by molar-refractivity contribution is -0.274. The number of halogens is 3. The Balaban J connectivity index is 2.22. The van der Waals surface area contributed by atoms with Gasteiger partial charge in [-0.1, -0.05) is 0 Å². The van der Waals surface area contributed by atoms with Crippen LogP contribution in [0.3, 0.4) is 0 Å². The third-order valence-corrected chi connectivity index (χ3v) is 3.68. The van der Waals surface area contributed by atoms with Gasteiger partial charge in [0.15, 0.2) is 0 Å². The third kappa shape index (κ3) is 2.70. The molecular formula is C15H12F3NO3. The zero-order valence-corrected chi connectivity index (χ0v) is 11.4. The Morgan fingerprint density at radius 3 is 2.64 bits per heavy atom. The van der Waals surface area contributed by atoms with Crippen LogP contribution < -0.4 is 4.74 Å². The number of aromatic carboxylic acids is 1. The van der Waals surface area contributed by atoms with Crippen LogP contribution in [0.1, 0.15) is 34.5 Å². The molecule has 1 heterocycles. The fourth-order valence-corrected chi connectivity index (χ4v) is 2.84. The lowest BCUT2D eigenvalue weighted by Crippen LogP contribution is -2.17. The summed E-state index contributed by atoms with van der Waals surface area (Å²) in [7, 11) is 0. The van der Waals surface area contributed by atoms with Gasteiger partial charge < -0.3 is 9.84 Å². The summed E-state index contributed by atoms with van der Waals surface area (Å²) < 4.78 is 40.8. The molecule has 0 fully saturated rings. The zero-order valence-electron chi connectivity index (χ0n) is 11.4. The summed E-state index contributed by atoms with van der Waals surface area (Å²) in [5.41, 5.74) is 1.75. The second kappa shape index (κ2) is 5.15. The number of aromatic nitrogens is 1. The minimum Gasteiger partial charge on any atom is -0.478 e. The number of pyridine rings is 1. The van der Waals surface area contributed by atoms with Gasteiger partial charge in [-0.05, 0) is 49.4 Å². The molecule has 2 aromatic rings. The van der Waals surface area contributed by atoms with Crippen LogP contribution in [0, 0.1) is 0 Å². The zero-order chi connectivity index (χ0) is 15.9. The van der Waals surface area contributed by atoms with Crippen LogP contribution in [-0.4, -0.2) is 22.4 Å². The van der Waals surface area contributed by atoms with E-state index in [-0.39, 0.29) is 10.9 Å². The van der Waals surface area contributed by atoms with Gasteiger partial charge in [-0.25, -0.2) is 4.79 Å². The molecule has 1 aromatic heterocycles. The molecule has 0 unspecified atom stereocenters. The maximum atomic E-state index is 12.3. The van der Waals surface area contributed by atoms with Crippen molar-refractivity contribution < 1.29 is 27.8 Å². The topological polar surface area (TPSA) is 59.4 Å². The lowest BCUT2D eigenvalue weighted by atomic mass is 9.90. The Bertz CT molecular complexity index is 756. The summed E-state index contributed by atoms with van der Waals surface area (Å²) >= 11 is 0. The molecule has 7 heteroatoms. The van der Waals surface area contributed by atoms with Crippen LogP contribution in [0.5, 0.6) is 5.75 Å². The van der Waals surface area contributed by atoms with Crippen molar-refractivity contribution in [1.82, 2.24) is 4.98 Å². The second-order valence-corrected chi connectivity index (χ2v) is 5.15. The molecule has 116 valence electrons. The van der Waals surface area contributed by atoms with Gasteiger partial charge in [0.05, 0.1) is 11.1 Å². The highest BCUT2D eigenvalue weighted by molar-refractivity contribution is 6.04. The predicted molar refractivity (Wildman–Crippen MR) is 72.0 cm³/mol. The van der Waals surface area contributed by atoms with Crippen LogP contribution >= 0.6 is 0 Å². The highest BCUT2D eigenvalue weighted by Crippen LogP contribution is 2.32. The van der Waals surface area contributed by atoms with E-state index in [0.29, 0.717) is 23.9 Å². The van der Waals surface area contributed by atoms with E-state index >= 15 is 0 Å². The Hall–Kier alpha value is -2.31. The van der Waals surface area contributed by atoms with E-state index in [1.165, 1.54) is 6.07 Å². The van der Waals surface area contributed by atoms with E-state index in [0.717, 1.165) is 30.7 Å². The van der Waals surface area contributed by atoms with Gasteiger partial charge in [0.25, 0.3) is 0 Å². The summed E-state index contributed by atoms with van der Waals surface area (Å²) in [6.45, 7) is 0. The number of nitrogens with zero attached hydrogens (tertiary/aromatic N) is 1. The number of alkyl halides is 3. The van der Waals surface area contributed by atoms with E-state index in [1.807, 2.05) is 0 Å². The molecule has 1 aliphatic rings. The summed E-state index contributed by atoms with van der Waals surface area (Å²) in [4.78, 5) is 16.0. The van der Waals surface area contributed by atoms with Gasteiger partial charge >= 0.3 is 12.3 Å². The molecule has 0 spiro atoms. The molecule has 1 aromatic carbocycles. The molecule has 4 nitrogen and oxygen atoms in total. The fraction of sp³-hybridized carbons (Fsp3) is 0.333. The van der Waals surface area contributed by atoms with E-state index in [2.05, 4.69) is 9.72 Å². The molecule has 0 atom stereocenters. The van der Waals surface area contributed by atoms with E-state index in [9.17, 15) is 23.1 Å². The molecule has 1 aliphatic carbocycles. The number of carboxylic acid groups (broad SMARTS) is 1. The van der Waals surface area contributed by atoms with E-state index < -0.39 is 18.1 Å². The highest BCUT2D eigenvalue weighted by atomic mass is 19.4. The van der Waals surface area contributed by atoms with Crippen LogP contribution in [-0.2, 0) is 12.8 Å². The molecule has 1 N–H and O–H groups in total. The quantitative estimate of drug-likeness (QED) is 0.918. The van der Waals surface area contributed by atoms with Crippen LogP contribution in [0.4, 0.5) is 13.2 Å². The minimum atomic E-state index is -4.82. The predicted octanol–water partition coefficient (Wildman–Crippen LogP) is 3.71. The number of ether oxygens (including phenoxy) is 1. The van der Waals surface area contributed by atoms with Gasteiger partial charge in [-0.15, -0.1) is 13.2 Å². The first-order valence-corrected chi connectivity index (χ1v) is 6.80. The third-order valence-electron chi connectivity index (χ3n) is 3.68. The Kier molecular flexibility index (Phi) is 3.42. The van der Waals surface area contributed by atoms with Gasteiger partial charge in [0.1, 0.15) is 5.75 Å². The van der Waals surface area contributed by atoms with Gasteiger partial charge in [-0.3, -0.25) is 4.98 Å². The first kappa shape index (κ1) is 14.6. The summed E-state index contributed by atoms with van der Waals surface area (Å²) in [6, 6.07) is 3.59. The second-order valence-electron chi connectivity index (χ2n) is 5.15. The summed E-state index contributed by atoms with van der Waals surface area (Å²) in [5, 5.41) is 9.65. The smallest absolute Gasteiger partial charge is 0.478 e. The molecule has 3 rings (SSSR count). The average molecular weight is 311 g/mol. The number of fused-ring (bicyclic) bond motifs is 2. The van der Waals surface area contributed by atoms with Crippen molar-refractivity contribution in [2.24, 2.45) is 0 Å². The molecule has 0 bridgehead atoms. The number of hydrogen-bond acceptors (Lipinski definition) is 3. The SMILES string of the molecule is O=C(O)c1c2c(nc3ccc(OC(F)(F)F)cc13)CCCC2. The van der Waals surface area contributed by atoms with E-state index in [4.69, 9.17) is 0 Å². The highest BCUT2D eigenvalue weighted by Gasteiger charge is 2.31. The normalized spacial score (nSPS) is 14.7. The van der Waals surface area contributed by atoms with Crippen molar-refractivity contribution in [1.29, 1.82) is 0 Å². The average Bonchev–Trinajstić information content (AvgIpc) is 2.42. The molecule has 0 amide bonds. The Labute approximate surface area is 123 Å². The molecular weight excluding hydrogens is 299 g/mol. The fourth-order valence-electron chi connectivity index (χ4n) is 2.84. The largest absolute Gasteiger partial charge is 0.573 e. The number of carbonyl (C=O) groups is 1. The molecule has 0 radical (unpaired) electrons. The van der Waals surface area contributed by atoms with Crippen molar-refractivity contribution in [2.75, 3.05) is 0 Å². The standard InChI is InChI=1S/C15H12F3NO3/c16-15(17,18)22-8-5-6-12-10(7-8)13(14(20)21)9-3-1-2-4-11(9)19-12/h5-7H,1-4H2,(H,20,21). The number of carboxylic acids is 1. The maximum absolute atomic E-state index is 12.3. The van der Waals surface area contributed by atoms with Crippen LogP contribution in [0.25, 0.3) is 10.9 Å². The molecule has 22 heavy (non-hydrogen) atoms. The minimum absolute atomic E-state index is 0.0346. The van der Waals surface area contributed by atoms with Gasteiger partial charge in [0.2, 0.25) is 0 Å². The summed E-state index contributed by atoms with van der Waals surface area (Å²) in [5.74, 6) is -1.60. The number of benzene rings is 1. The Morgan fingerprint density at radius 1 is 1.23 bits per heavy atom. The Morgan fingerprint density at radius 2 is 1.95 bits per heavy atom. The first-order chi connectivity index (χ1) is 10.3. The molecule has 0 aliphatic heterocycles. The van der Waals surface area contributed by atoms with Crippen molar-refractivity contribution in [3.05, 3.63) is 35.0 Å². The number of hydrogen-bond donors (Lipinski definition) is 1. The summed E-state index contributed by atoms with van der Waals surface area (Å²) in [6.07, 6.45) is -1.78. The van der Waals surface area contributed by atoms with Gasteiger partial charge in [-0.2, -0.15) is 0 Å². The number of aryl methyl sites for hydroxylation is 1. The first-order valence-electron chi connectivity index (χ1n) is 6.80. The molecule has 0 saturated heterocycles. The van der Waals surface area contributed by atoms with Crippen molar-refractivity contribution in [3.8, 4) is 5.75 Å². The van der Waals surface area contributed by atoms with E-state index in [1.54, 1.807) is 0 Å². The van der Waals surface area contributed by atoms with Crippen LogP contribution in [0.15, 0.2) is 18.2 Å². The maximum Gasteiger partial charge on any atom is 0.573 e. The van der Waals surface area contributed by atoms with Crippen molar-refractivity contribution in [3.63, 3.8) is 0 Å². The monoisotopic (exact) mass is 311 g/mol. The number of rotatable bonds is 2. The van der Waals surface area contributed by atoms with Crippen molar-refractivity contribution >= 4 is 16.9 Å².